The first-order chi connectivity index (χ1) is 15.4. The Morgan fingerprint density at radius 1 is 1.16 bits per heavy atom. The van der Waals surface area contributed by atoms with Gasteiger partial charge in [-0.3, -0.25) is 4.79 Å². The molecule has 3 N–H and O–H groups in total. The van der Waals surface area contributed by atoms with Gasteiger partial charge in [0, 0.05) is 18.3 Å². The summed E-state index contributed by atoms with van der Waals surface area (Å²) in [6, 6.07) is 8.52. The van der Waals surface area contributed by atoms with Crippen LogP contribution in [-0.4, -0.2) is 33.5 Å². The molecule has 4 heteroatoms. The van der Waals surface area contributed by atoms with Crippen molar-refractivity contribution in [2.45, 2.75) is 89.8 Å². The van der Waals surface area contributed by atoms with Crippen molar-refractivity contribution in [3.05, 3.63) is 59.2 Å². The Bertz CT molecular complexity index is 794. The number of aliphatic carboxylic acids is 1. The molecule has 4 nitrogen and oxygen atoms in total. The summed E-state index contributed by atoms with van der Waals surface area (Å²) in [6.07, 6.45) is 13.2. The van der Waals surface area contributed by atoms with Gasteiger partial charge in [-0.2, -0.15) is 0 Å². The molecule has 3 rings (SSSR count). The van der Waals surface area contributed by atoms with Crippen molar-refractivity contribution in [2.24, 2.45) is 17.8 Å². The number of hydrogen-bond donors (Lipinski definition) is 3. The molecule has 0 heterocycles. The Hall–Kier alpha value is -1.91. The van der Waals surface area contributed by atoms with Crippen LogP contribution in [0.4, 0.5) is 0 Å². The summed E-state index contributed by atoms with van der Waals surface area (Å²) in [5, 5.41) is 30.6. The monoisotopic (exact) mass is 440 g/mol. The van der Waals surface area contributed by atoms with E-state index in [1.54, 1.807) is 0 Å². The number of allylic oxidation sites excluding steroid dienone is 2. The van der Waals surface area contributed by atoms with E-state index in [1.807, 2.05) is 6.08 Å². The van der Waals surface area contributed by atoms with Crippen molar-refractivity contribution >= 4 is 5.97 Å². The standard InChI is InChI=1S/C28H40O4/c1-3-4-5-9-22(29)15-16-23-24-17-20(8-6-7-10-26(30)31)18-25(24)27(28(23)32)21-13-11-19(2)12-14-21/h11-16,18,22-25,27-29,32H,3-10,17H2,1-2H3,(H,30,31)/b16-15+/t22-,23+,24+,25-,27?,28-/m0/s1. The third-order valence-corrected chi connectivity index (χ3v) is 7.35. The first-order valence-corrected chi connectivity index (χ1v) is 12.4. The lowest BCUT2D eigenvalue weighted by Gasteiger charge is -2.22. The van der Waals surface area contributed by atoms with E-state index in [0.29, 0.717) is 12.3 Å². The van der Waals surface area contributed by atoms with Gasteiger partial charge in [-0.05, 0) is 56.4 Å². The minimum atomic E-state index is -0.729. The third kappa shape index (κ3) is 6.32. The van der Waals surface area contributed by atoms with Gasteiger partial charge in [0.15, 0.2) is 0 Å². The van der Waals surface area contributed by atoms with E-state index in [0.717, 1.165) is 44.9 Å². The molecule has 0 aliphatic heterocycles. The zero-order valence-electron chi connectivity index (χ0n) is 19.6. The smallest absolute Gasteiger partial charge is 0.303 e. The summed E-state index contributed by atoms with van der Waals surface area (Å²) in [7, 11) is 0. The minimum absolute atomic E-state index is 0.0277. The van der Waals surface area contributed by atoms with Crippen LogP contribution in [0.3, 0.4) is 0 Å². The van der Waals surface area contributed by atoms with E-state index in [1.165, 1.54) is 16.7 Å². The molecule has 176 valence electrons. The molecule has 2 aliphatic rings. The highest BCUT2D eigenvalue weighted by molar-refractivity contribution is 5.66. The Morgan fingerprint density at radius 2 is 1.91 bits per heavy atom. The highest BCUT2D eigenvalue weighted by atomic mass is 16.4. The Morgan fingerprint density at radius 3 is 2.59 bits per heavy atom. The number of carbonyl (C=O) groups is 1. The van der Waals surface area contributed by atoms with E-state index in [4.69, 9.17) is 5.11 Å². The van der Waals surface area contributed by atoms with Crippen LogP contribution in [0.25, 0.3) is 0 Å². The van der Waals surface area contributed by atoms with Crippen LogP contribution in [0.1, 0.15) is 81.8 Å². The zero-order chi connectivity index (χ0) is 23.1. The van der Waals surface area contributed by atoms with Crippen molar-refractivity contribution in [3.8, 4) is 0 Å². The van der Waals surface area contributed by atoms with Gasteiger partial charge in [0.05, 0.1) is 12.2 Å². The number of carboxylic acid groups (broad SMARTS) is 1. The van der Waals surface area contributed by atoms with Crippen molar-refractivity contribution in [1.29, 1.82) is 0 Å². The normalized spacial score (nSPS) is 28.1. The second-order valence-electron chi connectivity index (χ2n) is 9.82. The van der Waals surface area contributed by atoms with E-state index in [-0.39, 0.29) is 24.2 Å². The Balaban J connectivity index is 1.73. The molecule has 6 atom stereocenters. The Labute approximate surface area is 193 Å². The second-order valence-corrected chi connectivity index (χ2v) is 9.82. The Kier molecular flexibility index (Phi) is 9.12. The molecule has 2 aliphatic carbocycles. The topological polar surface area (TPSA) is 77.8 Å². The summed E-state index contributed by atoms with van der Waals surface area (Å²) in [4.78, 5) is 10.8. The van der Waals surface area contributed by atoms with Crippen molar-refractivity contribution < 1.29 is 20.1 Å². The molecular weight excluding hydrogens is 400 g/mol. The highest BCUT2D eigenvalue weighted by Gasteiger charge is 2.50. The number of hydrogen-bond acceptors (Lipinski definition) is 3. The van der Waals surface area contributed by atoms with Crippen LogP contribution in [0.15, 0.2) is 48.1 Å². The summed E-state index contributed by atoms with van der Waals surface area (Å²) in [5.74, 6) is -0.0182. The third-order valence-electron chi connectivity index (χ3n) is 7.35. The van der Waals surface area contributed by atoms with Crippen LogP contribution >= 0.6 is 0 Å². The predicted molar refractivity (Wildman–Crippen MR) is 128 cm³/mol. The maximum atomic E-state index is 11.3. The summed E-state index contributed by atoms with van der Waals surface area (Å²) < 4.78 is 0. The first kappa shape index (κ1) is 24.7. The van der Waals surface area contributed by atoms with Crippen molar-refractivity contribution in [3.63, 3.8) is 0 Å². The zero-order valence-corrected chi connectivity index (χ0v) is 19.6. The summed E-state index contributed by atoms with van der Waals surface area (Å²) >= 11 is 0. The van der Waals surface area contributed by atoms with Crippen molar-refractivity contribution in [2.75, 3.05) is 0 Å². The number of rotatable bonds is 12. The lowest BCUT2D eigenvalue weighted by Crippen LogP contribution is -2.22. The van der Waals surface area contributed by atoms with Gasteiger partial charge in [-0.25, -0.2) is 0 Å². The predicted octanol–water partition coefficient (Wildman–Crippen LogP) is 5.77. The van der Waals surface area contributed by atoms with Crippen LogP contribution in [0, 0.1) is 24.7 Å². The maximum absolute atomic E-state index is 11.3. The van der Waals surface area contributed by atoms with Gasteiger partial charge >= 0.3 is 5.97 Å². The summed E-state index contributed by atoms with van der Waals surface area (Å²) in [5.41, 5.74) is 3.79. The molecule has 1 saturated carbocycles. The minimum Gasteiger partial charge on any atom is -0.481 e. The number of aryl methyl sites for hydroxylation is 1. The fraction of sp³-hybridized carbons (Fsp3) is 0.607. The van der Waals surface area contributed by atoms with Gasteiger partial charge < -0.3 is 15.3 Å². The highest BCUT2D eigenvalue weighted by Crippen LogP contribution is 2.55. The number of unbranched alkanes of at least 4 members (excludes halogenated alkanes) is 3. The van der Waals surface area contributed by atoms with Crippen LogP contribution in [0.2, 0.25) is 0 Å². The van der Waals surface area contributed by atoms with Gasteiger partial charge in [-0.15, -0.1) is 0 Å². The number of fused-ring (bicyclic) bond motifs is 1. The first-order valence-electron chi connectivity index (χ1n) is 12.4. The molecule has 0 aromatic heterocycles. The van der Waals surface area contributed by atoms with E-state index in [2.05, 4.69) is 50.3 Å². The molecule has 1 aromatic rings. The largest absolute Gasteiger partial charge is 0.481 e. The number of carboxylic acids is 1. The van der Waals surface area contributed by atoms with Gasteiger partial charge in [0.2, 0.25) is 0 Å². The second kappa shape index (κ2) is 11.8. The van der Waals surface area contributed by atoms with E-state index in [9.17, 15) is 15.0 Å². The van der Waals surface area contributed by atoms with Gasteiger partial charge in [0.25, 0.3) is 0 Å². The quantitative estimate of drug-likeness (QED) is 0.285. The van der Waals surface area contributed by atoms with Crippen LogP contribution in [-0.2, 0) is 4.79 Å². The number of aliphatic hydroxyl groups is 2. The number of aliphatic hydroxyl groups excluding tert-OH is 2. The fourth-order valence-electron chi connectivity index (χ4n) is 5.62. The lowest BCUT2D eigenvalue weighted by atomic mass is 9.86. The maximum Gasteiger partial charge on any atom is 0.303 e. The molecule has 32 heavy (non-hydrogen) atoms. The van der Waals surface area contributed by atoms with Crippen LogP contribution < -0.4 is 0 Å². The molecule has 0 radical (unpaired) electrons. The van der Waals surface area contributed by atoms with Gasteiger partial charge in [0.1, 0.15) is 0 Å². The molecule has 0 bridgehead atoms. The van der Waals surface area contributed by atoms with E-state index >= 15 is 0 Å². The molecule has 1 aromatic carbocycles. The molecule has 0 saturated heterocycles. The molecule has 1 unspecified atom stereocenters. The lowest BCUT2D eigenvalue weighted by molar-refractivity contribution is -0.137. The van der Waals surface area contributed by atoms with Crippen LogP contribution in [0.5, 0.6) is 0 Å². The number of benzene rings is 1. The summed E-state index contributed by atoms with van der Waals surface area (Å²) in [6.45, 7) is 4.24. The molecule has 0 amide bonds. The average Bonchev–Trinajstić information content (AvgIpc) is 3.26. The SMILES string of the molecule is CCCCC[C@H](O)/C=C/[C@@H]1[C@H]2CC(CCCCC(=O)O)=C[C@@H]2C(c2ccc(C)cc2)[C@H]1O. The molecule has 0 spiro atoms. The van der Waals surface area contributed by atoms with Crippen molar-refractivity contribution in [1.82, 2.24) is 0 Å². The van der Waals surface area contributed by atoms with Gasteiger partial charge in [-0.1, -0.05) is 79.8 Å². The average molecular weight is 441 g/mol. The fourth-order valence-corrected chi connectivity index (χ4v) is 5.62. The molecule has 1 fully saturated rings. The molecular formula is C28H40O4. The van der Waals surface area contributed by atoms with E-state index < -0.39 is 18.2 Å².